The molecule has 5 nitrogen and oxygen atoms in total. The Hall–Kier alpha value is -5.60. The highest BCUT2D eigenvalue weighted by Crippen LogP contribution is 2.24. The minimum Gasteiger partial charge on any atom is -0.489 e. The minimum absolute atomic E-state index is 0.359. The topological polar surface area (TPSA) is 61.8 Å². The SMILES string of the molecule is C=CC(=O)OCCCCCSc1ccc(C#Cc2ccc(OCc3ccc4cc(C#Cc5ccc(SCCCOC(=O)C=C)cc5)ccc4c3)c(C)c2)cc1. The number of ether oxygens (including phenoxy) is 3. The van der Waals surface area contributed by atoms with Crippen LogP contribution in [0.5, 0.6) is 5.75 Å². The lowest BCUT2D eigenvalue weighted by Crippen LogP contribution is -2.02. The summed E-state index contributed by atoms with van der Waals surface area (Å²) in [5.41, 5.74) is 5.97. The molecule has 0 unspecified atom stereocenters. The number of unbranched alkanes of at least 4 members (excludes halogenated alkanes) is 2. The van der Waals surface area contributed by atoms with Crippen LogP contribution >= 0.6 is 23.5 Å². The third kappa shape index (κ3) is 14.0. The van der Waals surface area contributed by atoms with E-state index < -0.39 is 0 Å². The number of benzene rings is 5. The van der Waals surface area contributed by atoms with Crippen LogP contribution in [0, 0.1) is 30.6 Å². The lowest BCUT2D eigenvalue weighted by molar-refractivity contribution is -0.138. The number of hydrogen-bond acceptors (Lipinski definition) is 7. The maximum atomic E-state index is 11.1. The van der Waals surface area contributed by atoms with Crippen LogP contribution in [0.4, 0.5) is 0 Å². The fraction of sp³-hybridized carbons (Fsp3) is 0.208. The Morgan fingerprint density at radius 1 is 0.582 bits per heavy atom. The molecule has 0 atom stereocenters. The zero-order valence-corrected chi connectivity index (χ0v) is 32.7. The second-order valence-corrected chi connectivity index (χ2v) is 14.9. The fourth-order valence-corrected chi connectivity index (χ4v) is 7.09. The average Bonchev–Trinajstić information content (AvgIpc) is 3.21. The van der Waals surface area contributed by atoms with Crippen molar-refractivity contribution in [1.82, 2.24) is 0 Å². The molecular formula is C48H44O5S2. The molecule has 5 aromatic rings. The summed E-state index contributed by atoms with van der Waals surface area (Å²) in [5.74, 6) is 15.1. The van der Waals surface area contributed by atoms with Crippen LogP contribution in [0.2, 0.25) is 0 Å². The molecule has 0 fully saturated rings. The van der Waals surface area contributed by atoms with Gasteiger partial charge in [0.2, 0.25) is 0 Å². The minimum atomic E-state index is -0.382. The monoisotopic (exact) mass is 764 g/mol. The van der Waals surface area contributed by atoms with Crippen LogP contribution in [0.25, 0.3) is 10.8 Å². The van der Waals surface area contributed by atoms with E-state index in [9.17, 15) is 9.59 Å². The van der Waals surface area contributed by atoms with Crippen molar-refractivity contribution in [2.75, 3.05) is 24.7 Å². The molecule has 278 valence electrons. The molecule has 0 radical (unpaired) electrons. The number of hydrogen-bond donors (Lipinski definition) is 0. The van der Waals surface area contributed by atoms with Gasteiger partial charge < -0.3 is 14.2 Å². The van der Waals surface area contributed by atoms with Gasteiger partial charge in [-0.15, -0.1) is 23.5 Å². The van der Waals surface area contributed by atoms with Gasteiger partial charge in [0.1, 0.15) is 12.4 Å². The molecule has 5 rings (SSSR count). The van der Waals surface area contributed by atoms with Crippen LogP contribution < -0.4 is 4.74 Å². The first-order chi connectivity index (χ1) is 26.9. The molecule has 0 heterocycles. The molecule has 0 spiro atoms. The normalized spacial score (nSPS) is 10.3. The molecule has 0 aliphatic rings. The predicted molar refractivity (Wildman–Crippen MR) is 227 cm³/mol. The summed E-state index contributed by atoms with van der Waals surface area (Å²) < 4.78 is 16.3. The van der Waals surface area contributed by atoms with Crippen molar-refractivity contribution in [1.29, 1.82) is 0 Å². The fourth-order valence-electron chi connectivity index (χ4n) is 5.35. The van der Waals surface area contributed by atoms with E-state index in [1.165, 1.54) is 17.0 Å². The predicted octanol–water partition coefficient (Wildman–Crippen LogP) is 10.7. The molecule has 0 amide bonds. The second-order valence-electron chi connectivity index (χ2n) is 12.6. The van der Waals surface area contributed by atoms with Crippen molar-refractivity contribution < 1.29 is 23.8 Å². The van der Waals surface area contributed by atoms with E-state index in [0.29, 0.717) is 19.8 Å². The van der Waals surface area contributed by atoms with Gasteiger partial charge in [-0.25, -0.2) is 9.59 Å². The lowest BCUT2D eigenvalue weighted by atomic mass is 10.0. The maximum Gasteiger partial charge on any atom is 0.330 e. The highest BCUT2D eigenvalue weighted by atomic mass is 32.2. The molecule has 0 saturated heterocycles. The van der Waals surface area contributed by atoms with E-state index in [2.05, 4.69) is 116 Å². The van der Waals surface area contributed by atoms with Gasteiger partial charge in [0, 0.05) is 49.9 Å². The number of rotatable bonds is 17. The maximum absolute atomic E-state index is 11.1. The van der Waals surface area contributed by atoms with Crippen LogP contribution in [0.15, 0.2) is 138 Å². The van der Waals surface area contributed by atoms with Crippen LogP contribution in [-0.2, 0) is 25.7 Å². The van der Waals surface area contributed by atoms with Crippen molar-refractivity contribution in [2.24, 2.45) is 0 Å². The highest BCUT2D eigenvalue weighted by molar-refractivity contribution is 7.99. The van der Waals surface area contributed by atoms with Crippen molar-refractivity contribution in [3.8, 4) is 29.4 Å². The Morgan fingerprint density at radius 3 is 1.71 bits per heavy atom. The van der Waals surface area contributed by atoms with Crippen LogP contribution in [-0.4, -0.2) is 36.7 Å². The largest absolute Gasteiger partial charge is 0.489 e. The number of thioether (sulfide) groups is 2. The van der Waals surface area contributed by atoms with Gasteiger partial charge in [-0.05, 0) is 145 Å². The van der Waals surface area contributed by atoms with Crippen LogP contribution in [0.1, 0.15) is 59.1 Å². The zero-order chi connectivity index (χ0) is 38.7. The first kappa shape index (κ1) is 40.6. The molecule has 0 bridgehead atoms. The Kier molecular flexibility index (Phi) is 16.2. The van der Waals surface area contributed by atoms with Crippen molar-refractivity contribution >= 4 is 46.2 Å². The summed E-state index contributed by atoms with van der Waals surface area (Å²) in [7, 11) is 0. The summed E-state index contributed by atoms with van der Waals surface area (Å²) in [6.45, 7) is 10.2. The van der Waals surface area contributed by atoms with E-state index in [0.717, 1.165) is 92.0 Å². The molecule has 0 aliphatic carbocycles. The molecular weight excluding hydrogens is 721 g/mol. The Bertz CT molecular complexity index is 2220. The Balaban J connectivity index is 1.06. The molecule has 0 N–H and O–H groups in total. The standard InChI is InChI=1S/C48H44O5S2/c1-4-47(49)51-28-7-6-8-30-54-44-23-16-37(17-24-44)10-12-39-20-27-46(36(3)32-39)53-35-41-15-22-42-33-40(14-21-43(42)34-41)13-11-38-18-25-45(26-19-38)55-31-9-29-52-48(50)5-2/h4-5,14-27,32-34H,1-2,6-9,28-31,35H2,3H3. The number of carbonyl (C=O) groups is 2. The summed E-state index contributed by atoms with van der Waals surface area (Å²) >= 11 is 3.55. The third-order valence-electron chi connectivity index (χ3n) is 8.32. The average molecular weight is 765 g/mol. The Labute approximate surface area is 333 Å². The zero-order valence-electron chi connectivity index (χ0n) is 31.1. The lowest BCUT2D eigenvalue weighted by Gasteiger charge is -2.10. The quantitative estimate of drug-likeness (QED) is 0.0307. The van der Waals surface area contributed by atoms with E-state index in [-0.39, 0.29) is 11.9 Å². The molecule has 0 saturated carbocycles. The van der Waals surface area contributed by atoms with Crippen molar-refractivity contribution in [3.63, 3.8) is 0 Å². The Morgan fingerprint density at radius 2 is 1.09 bits per heavy atom. The van der Waals surface area contributed by atoms with E-state index in [4.69, 9.17) is 14.2 Å². The first-order valence-electron chi connectivity index (χ1n) is 18.2. The second kappa shape index (κ2) is 21.9. The van der Waals surface area contributed by atoms with Gasteiger partial charge in [0.15, 0.2) is 0 Å². The molecule has 5 aromatic carbocycles. The highest BCUT2D eigenvalue weighted by Gasteiger charge is 2.04. The molecule has 0 aromatic heterocycles. The number of fused-ring (bicyclic) bond motifs is 1. The first-order valence-corrected chi connectivity index (χ1v) is 20.2. The van der Waals surface area contributed by atoms with E-state index in [1.54, 1.807) is 11.8 Å². The van der Waals surface area contributed by atoms with Gasteiger partial charge in [0.25, 0.3) is 0 Å². The summed E-state index contributed by atoms with van der Waals surface area (Å²) in [4.78, 5) is 24.6. The molecule has 55 heavy (non-hydrogen) atoms. The van der Waals surface area contributed by atoms with Gasteiger partial charge in [-0.2, -0.15) is 0 Å². The summed E-state index contributed by atoms with van der Waals surface area (Å²) in [5, 5.41) is 2.27. The number of esters is 2. The van der Waals surface area contributed by atoms with E-state index >= 15 is 0 Å². The molecule has 7 heteroatoms. The van der Waals surface area contributed by atoms with Gasteiger partial charge >= 0.3 is 11.9 Å². The third-order valence-corrected chi connectivity index (χ3v) is 10.5. The molecule has 0 aliphatic heterocycles. The smallest absolute Gasteiger partial charge is 0.330 e. The number of carbonyl (C=O) groups excluding carboxylic acids is 2. The van der Waals surface area contributed by atoms with Gasteiger partial charge in [-0.1, -0.05) is 55.0 Å². The van der Waals surface area contributed by atoms with Crippen LogP contribution in [0.3, 0.4) is 0 Å². The number of aryl methyl sites for hydroxylation is 1. The van der Waals surface area contributed by atoms with E-state index in [1.807, 2.05) is 43.0 Å². The van der Waals surface area contributed by atoms with Gasteiger partial charge in [0.05, 0.1) is 13.2 Å². The van der Waals surface area contributed by atoms with Crippen molar-refractivity contribution in [2.45, 2.75) is 49.0 Å². The summed E-state index contributed by atoms with van der Waals surface area (Å²) in [6.07, 6.45) is 6.12. The van der Waals surface area contributed by atoms with Crippen molar-refractivity contribution in [3.05, 3.63) is 162 Å². The summed E-state index contributed by atoms with van der Waals surface area (Å²) in [6, 6.07) is 35.3. The van der Waals surface area contributed by atoms with Gasteiger partial charge in [-0.3, -0.25) is 0 Å².